The number of aliphatic carboxylic acids is 1. The number of rotatable bonds is 3. The molecule has 0 amide bonds. The van der Waals surface area contributed by atoms with Gasteiger partial charge in [-0.1, -0.05) is 0 Å². The van der Waals surface area contributed by atoms with E-state index in [0.29, 0.717) is 6.61 Å². The number of ether oxygens (including phenoxy) is 1. The van der Waals surface area contributed by atoms with Gasteiger partial charge in [-0.15, -0.1) is 0 Å². The normalized spacial score (nSPS) is 31.7. The van der Waals surface area contributed by atoms with Crippen molar-refractivity contribution < 1.29 is 18.8 Å². The van der Waals surface area contributed by atoms with E-state index in [9.17, 15) is 9.00 Å². The largest absolute Gasteiger partial charge is 0.480 e. The second-order valence-corrected chi connectivity index (χ2v) is 6.84. The van der Waals surface area contributed by atoms with E-state index >= 15 is 0 Å². The van der Waals surface area contributed by atoms with E-state index in [1.807, 2.05) is 0 Å². The van der Waals surface area contributed by atoms with Crippen LogP contribution in [0, 0.1) is 0 Å². The van der Waals surface area contributed by atoms with E-state index < -0.39 is 22.0 Å². The first-order valence-electron chi connectivity index (χ1n) is 5.80. The van der Waals surface area contributed by atoms with Gasteiger partial charge in [0.2, 0.25) is 0 Å². The summed E-state index contributed by atoms with van der Waals surface area (Å²) in [5.74, 6) is -0.965. The highest BCUT2D eigenvalue weighted by Gasteiger charge is 2.45. The van der Waals surface area contributed by atoms with Crippen LogP contribution < -0.4 is 0 Å². The molecule has 16 heavy (non-hydrogen) atoms. The molecule has 0 bridgehead atoms. The van der Waals surface area contributed by atoms with Crippen LogP contribution in [0.25, 0.3) is 0 Å². The summed E-state index contributed by atoms with van der Waals surface area (Å²) in [7, 11) is -1.28. The Labute approximate surface area is 97.8 Å². The van der Waals surface area contributed by atoms with Crippen molar-refractivity contribution in [3.8, 4) is 0 Å². The topological polar surface area (TPSA) is 63.6 Å². The first-order valence-corrected chi connectivity index (χ1v) is 7.08. The Hall–Kier alpha value is -0.420. The smallest absolute Gasteiger partial charge is 0.318 e. The van der Waals surface area contributed by atoms with E-state index in [2.05, 4.69) is 0 Å². The lowest BCUT2D eigenvalue weighted by molar-refractivity contribution is -0.136. The second-order valence-electron chi connectivity index (χ2n) is 4.81. The number of carbonyl (C=O) groups is 1. The molecule has 2 aliphatic rings. The van der Waals surface area contributed by atoms with E-state index in [-0.39, 0.29) is 10.9 Å². The predicted octanol–water partition coefficient (Wildman–Crippen LogP) is 1.31. The quantitative estimate of drug-likeness (QED) is 0.815. The molecule has 0 aromatic carbocycles. The van der Waals surface area contributed by atoms with Crippen LogP contribution in [0.4, 0.5) is 0 Å². The highest BCUT2D eigenvalue weighted by Crippen LogP contribution is 2.43. The minimum Gasteiger partial charge on any atom is -0.480 e. The van der Waals surface area contributed by atoms with Gasteiger partial charge in [-0.3, -0.25) is 9.00 Å². The van der Waals surface area contributed by atoms with Gasteiger partial charge in [0.15, 0.2) is 0 Å². The maximum atomic E-state index is 12.0. The molecule has 1 saturated carbocycles. The van der Waals surface area contributed by atoms with Crippen LogP contribution in [0.3, 0.4) is 0 Å². The van der Waals surface area contributed by atoms with Crippen molar-refractivity contribution in [3.05, 3.63) is 0 Å². The fourth-order valence-corrected chi connectivity index (χ4v) is 4.06. The predicted molar refractivity (Wildman–Crippen MR) is 60.8 cm³/mol. The first kappa shape index (κ1) is 12.0. The van der Waals surface area contributed by atoms with Crippen LogP contribution >= 0.6 is 0 Å². The molecule has 0 radical (unpaired) electrons. The van der Waals surface area contributed by atoms with Gasteiger partial charge in [-0.25, -0.2) is 0 Å². The summed E-state index contributed by atoms with van der Waals surface area (Å²) in [4.78, 5) is 10.8. The molecule has 2 rings (SSSR count). The van der Waals surface area contributed by atoms with E-state index in [1.165, 1.54) is 13.3 Å². The molecule has 0 aromatic heterocycles. The van der Waals surface area contributed by atoms with Crippen LogP contribution in [0.1, 0.15) is 39.0 Å². The Morgan fingerprint density at radius 2 is 2.25 bits per heavy atom. The first-order chi connectivity index (χ1) is 7.54. The van der Waals surface area contributed by atoms with E-state index in [0.717, 1.165) is 25.7 Å². The van der Waals surface area contributed by atoms with Gasteiger partial charge in [-0.05, 0) is 39.0 Å². The van der Waals surface area contributed by atoms with Crippen molar-refractivity contribution >= 4 is 16.8 Å². The molecule has 0 aromatic rings. The van der Waals surface area contributed by atoms with Crippen molar-refractivity contribution in [2.45, 2.75) is 55.1 Å². The lowest BCUT2D eigenvalue weighted by atomic mass is 9.75. The van der Waals surface area contributed by atoms with Gasteiger partial charge in [0, 0.05) is 22.7 Å². The lowest BCUT2D eigenvalue weighted by Crippen LogP contribution is -2.49. The van der Waals surface area contributed by atoms with E-state index in [4.69, 9.17) is 9.84 Å². The monoisotopic (exact) mass is 246 g/mol. The Morgan fingerprint density at radius 1 is 1.56 bits per heavy atom. The zero-order valence-electron chi connectivity index (χ0n) is 9.48. The Balaban J connectivity index is 1.99. The summed E-state index contributed by atoms with van der Waals surface area (Å²) in [6.07, 6.45) is 4.77. The number of carboxylic acid groups (broad SMARTS) is 1. The van der Waals surface area contributed by atoms with E-state index in [1.54, 1.807) is 0 Å². The molecule has 2 fully saturated rings. The molecule has 1 saturated heterocycles. The Bertz CT molecular complexity index is 311. The SMILES string of the molecule is CC(C(=O)O)S(=O)C1CCOC2(CCC2)C1. The molecule has 3 atom stereocenters. The third-order valence-electron chi connectivity index (χ3n) is 3.74. The molecule has 1 N–H and O–H groups in total. The molecular weight excluding hydrogens is 228 g/mol. The summed E-state index contributed by atoms with van der Waals surface area (Å²) >= 11 is 0. The van der Waals surface area contributed by atoms with Crippen LogP contribution in [-0.2, 0) is 20.3 Å². The van der Waals surface area contributed by atoms with Gasteiger partial charge in [0.05, 0.1) is 5.60 Å². The van der Waals surface area contributed by atoms with Crippen molar-refractivity contribution in [2.75, 3.05) is 6.61 Å². The van der Waals surface area contributed by atoms with Crippen LogP contribution in [0.5, 0.6) is 0 Å². The zero-order chi connectivity index (χ0) is 11.8. The van der Waals surface area contributed by atoms with Gasteiger partial charge in [-0.2, -0.15) is 0 Å². The van der Waals surface area contributed by atoms with Gasteiger partial charge in [0.1, 0.15) is 5.25 Å². The summed E-state index contributed by atoms with van der Waals surface area (Å²) in [6, 6.07) is 0. The maximum absolute atomic E-state index is 12.0. The number of carboxylic acids is 1. The molecule has 5 heteroatoms. The van der Waals surface area contributed by atoms with Gasteiger partial charge < -0.3 is 9.84 Å². The fourth-order valence-electron chi connectivity index (χ4n) is 2.49. The third-order valence-corrected chi connectivity index (χ3v) is 5.70. The number of hydrogen-bond acceptors (Lipinski definition) is 3. The Morgan fingerprint density at radius 3 is 2.75 bits per heavy atom. The van der Waals surface area contributed by atoms with Gasteiger partial charge >= 0.3 is 5.97 Å². The van der Waals surface area contributed by atoms with Crippen molar-refractivity contribution in [3.63, 3.8) is 0 Å². The molecule has 3 unspecified atom stereocenters. The summed E-state index contributed by atoms with van der Waals surface area (Å²) in [5.41, 5.74) is -0.0587. The lowest BCUT2D eigenvalue weighted by Gasteiger charge is -2.47. The molecule has 1 heterocycles. The van der Waals surface area contributed by atoms with Crippen molar-refractivity contribution in [1.29, 1.82) is 0 Å². The average Bonchev–Trinajstić information content (AvgIpc) is 2.25. The molecule has 1 aliphatic heterocycles. The summed E-state index contributed by atoms with van der Waals surface area (Å²) < 4.78 is 17.8. The Kier molecular flexibility index (Phi) is 3.35. The highest BCUT2D eigenvalue weighted by molar-refractivity contribution is 7.87. The minimum atomic E-state index is -1.28. The van der Waals surface area contributed by atoms with Crippen LogP contribution in [0.15, 0.2) is 0 Å². The van der Waals surface area contributed by atoms with Crippen molar-refractivity contribution in [2.24, 2.45) is 0 Å². The minimum absolute atomic E-state index is 0.000139. The fraction of sp³-hybridized carbons (Fsp3) is 0.909. The average molecular weight is 246 g/mol. The van der Waals surface area contributed by atoms with Crippen LogP contribution in [0.2, 0.25) is 0 Å². The highest BCUT2D eigenvalue weighted by atomic mass is 32.2. The van der Waals surface area contributed by atoms with Crippen molar-refractivity contribution in [1.82, 2.24) is 0 Å². The molecular formula is C11H18O4S. The van der Waals surface area contributed by atoms with Crippen LogP contribution in [-0.4, -0.2) is 38.0 Å². The number of hydrogen-bond donors (Lipinski definition) is 1. The maximum Gasteiger partial charge on any atom is 0.318 e. The molecule has 92 valence electrons. The summed E-state index contributed by atoms with van der Waals surface area (Å²) in [6.45, 7) is 2.16. The molecule has 1 aliphatic carbocycles. The second kappa shape index (κ2) is 4.45. The molecule has 1 spiro atoms. The summed E-state index contributed by atoms with van der Waals surface area (Å²) in [5, 5.41) is 8.10. The van der Waals surface area contributed by atoms with Gasteiger partial charge in [0.25, 0.3) is 0 Å². The standard InChI is InChI=1S/C11H18O4S/c1-8(10(12)13)16(14)9-3-6-15-11(7-9)4-2-5-11/h8-9H,2-7H2,1H3,(H,12,13). The zero-order valence-corrected chi connectivity index (χ0v) is 10.3. The molecule has 4 nitrogen and oxygen atoms in total. The third kappa shape index (κ3) is 2.15.